The zero-order valence-electron chi connectivity index (χ0n) is 16.9. The van der Waals surface area contributed by atoms with E-state index in [4.69, 9.17) is 4.74 Å². The summed E-state index contributed by atoms with van der Waals surface area (Å²) in [5.74, 6) is -0.188. The molecule has 6 nitrogen and oxygen atoms in total. The van der Waals surface area contributed by atoms with E-state index in [9.17, 15) is 4.79 Å². The summed E-state index contributed by atoms with van der Waals surface area (Å²) < 4.78 is 5.44. The first kappa shape index (κ1) is 19.7. The lowest BCUT2D eigenvalue weighted by Gasteiger charge is -2.30. The van der Waals surface area contributed by atoms with Crippen molar-refractivity contribution in [3.05, 3.63) is 48.3 Å². The van der Waals surface area contributed by atoms with Gasteiger partial charge in [0.05, 0.1) is 36.5 Å². The Morgan fingerprint density at radius 3 is 2.48 bits per heavy atom. The fraction of sp³-hybridized carbons (Fsp3) is 0.478. The molecule has 1 aromatic carbocycles. The maximum atomic E-state index is 12.8. The number of rotatable bonds is 5. The summed E-state index contributed by atoms with van der Waals surface area (Å²) in [6, 6.07) is 12.2. The minimum absolute atomic E-state index is 0.188. The van der Waals surface area contributed by atoms with Crippen LogP contribution in [0.3, 0.4) is 0 Å². The molecule has 4 rings (SSSR count). The molecule has 0 unspecified atom stereocenters. The van der Waals surface area contributed by atoms with Gasteiger partial charge in [-0.25, -0.2) is 4.98 Å². The molecule has 1 aromatic heterocycles. The summed E-state index contributed by atoms with van der Waals surface area (Å²) in [5.41, 5.74) is 3.24. The molecule has 0 radical (unpaired) electrons. The molecule has 154 valence electrons. The summed E-state index contributed by atoms with van der Waals surface area (Å²) in [4.78, 5) is 19.4. The van der Waals surface area contributed by atoms with Crippen molar-refractivity contribution in [1.29, 1.82) is 0 Å². The average molecular weight is 395 g/mol. The van der Waals surface area contributed by atoms with Gasteiger partial charge in [0.1, 0.15) is 5.69 Å². The lowest BCUT2D eigenvalue weighted by Crippen LogP contribution is -2.36. The maximum Gasteiger partial charge on any atom is 0.274 e. The van der Waals surface area contributed by atoms with Crippen molar-refractivity contribution in [2.45, 2.75) is 44.6 Å². The normalized spacial score (nSPS) is 18.1. The van der Waals surface area contributed by atoms with Gasteiger partial charge in [0.15, 0.2) is 0 Å². The van der Waals surface area contributed by atoms with E-state index in [1.807, 2.05) is 30.3 Å². The van der Waals surface area contributed by atoms with E-state index in [2.05, 4.69) is 20.5 Å². The number of hydrogen-bond donors (Lipinski definition) is 2. The van der Waals surface area contributed by atoms with Crippen LogP contribution in [0.1, 0.15) is 49.0 Å². The third kappa shape index (κ3) is 5.26. The molecule has 1 amide bonds. The van der Waals surface area contributed by atoms with E-state index >= 15 is 0 Å². The number of hydrogen-bond acceptors (Lipinski definition) is 5. The highest BCUT2D eigenvalue weighted by Crippen LogP contribution is 2.27. The second-order valence-corrected chi connectivity index (χ2v) is 7.84. The standard InChI is InChI=1S/C23H30N4O2/c28-23(26-20-9-5-6-10-22(20)27-13-15-29-16-14-27)21-12-11-19(17-24-21)25-18-7-3-1-2-4-8-18/h5-6,9-12,17-18,25H,1-4,7-8,13-16H2,(H,26,28). The molecule has 0 atom stereocenters. The van der Waals surface area contributed by atoms with Crippen LogP contribution < -0.4 is 15.5 Å². The van der Waals surface area contributed by atoms with Gasteiger partial charge in [-0.1, -0.05) is 37.8 Å². The number of nitrogens with one attached hydrogen (secondary N) is 2. The highest BCUT2D eigenvalue weighted by Gasteiger charge is 2.17. The smallest absolute Gasteiger partial charge is 0.274 e. The molecule has 6 heteroatoms. The SMILES string of the molecule is O=C(Nc1ccccc1N1CCOCC1)c1ccc(NC2CCCCCC2)cn1. The molecule has 0 spiro atoms. The Hall–Kier alpha value is -2.60. The fourth-order valence-corrected chi connectivity index (χ4v) is 4.12. The number of aromatic nitrogens is 1. The van der Waals surface area contributed by atoms with Crippen molar-refractivity contribution < 1.29 is 9.53 Å². The zero-order valence-corrected chi connectivity index (χ0v) is 16.9. The number of nitrogens with zero attached hydrogens (tertiary/aromatic N) is 2. The first-order valence-corrected chi connectivity index (χ1v) is 10.8. The predicted molar refractivity (Wildman–Crippen MR) is 117 cm³/mol. The van der Waals surface area contributed by atoms with Gasteiger partial charge in [-0.05, 0) is 37.1 Å². The van der Waals surface area contributed by atoms with Crippen molar-refractivity contribution in [1.82, 2.24) is 4.98 Å². The molecule has 2 N–H and O–H groups in total. The number of morpholine rings is 1. The van der Waals surface area contributed by atoms with E-state index in [0.717, 1.165) is 30.2 Å². The largest absolute Gasteiger partial charge is 0.381 e. The summed E-state index contributed by atoms with van der Waals surface area (Å²) in [7, 11) is 0. The highest BCUT2D eigenvalue weighted by molar-refractivity contribution is 6.04. The van der Waals surface area contributed by atoms with Gasteiger partial charge in [0.2, 0.25) is 0 Å². The minimum atomic E-state index is -0.188. The molecule has 2 aromatic rings. The van der Waals surface area contributed by atoms with Gasteiger partial charge in [-0.15, -0.1) is 0 Å². The lowest BCUT2D eigenvalue weighted by molar-refractivity contribution is 0.102. The van der Waals surface area contributed by atoms with Crippen LogP contribution in [-0.4, -0.2) is 43.2 Å². The van der Waals surface area contributed by atoms with Crippen molar-refractivity contribution >= 4 is 23.0 Å². The second-order valence-electron chi connectivity index (χ2n) is 7.84. The van der Waals surface area contributed by atoms with E-state index in [1.165, 1.54) is 38.5 Å². The molecule has 1 saturated carbocycles. The number of para-hydroxylation sites is 2. The predicted octanol–water partition coefficient (Wildman–Crippen LogP) is 4.31. The Balaban J connectivity index is 1.40. The topological polar surface area (TPSA) is 66.5 Å². The number of benzene rings is 1. The number of pyridine rings is 1. The van der Waals surface area contributed by atoms with Gasteiger partial charge in [0, 0.05) is 19.1 Å². The Morgan fingerprint density at radius 1 is 1.00 bits per heavy atom. The number of carbonyl (C=O) groups excluding carboxylic acids is 1. The van der Waals surface area contributed by atoms with Crippen LogP contribution in [0, 0.1) is 0 Å². The number of anilines is 3. The minimum Gasteiger partial charge on any atom is -0.381 e. The number of carbonyl (C=O) groups is 1. The molecule has 29 heavy (non-hydrogen) atoms. The molecule has 1 saturated heterocycles. The molecular formula is C23H30N4O2. The first-order chi connectivity index (χ1) is 14.3. The van der Waals surface area contributed by atoms with Gasteiger partial charge in [0.25, 0.3) is 5.91 Å². The van der Waals surface area contributed by atoms with Gasteiger partial charge >= 0.3 is 0 Å². The number of amides is 1. The second kappa shape index (κ2) is 9.74. The maximum absolute atomic E-state index is 12.8. The molecular weight excluding hydrogens is 364 g/mol. The van der Waals surface area contributed by atoms with E-state index in [-0.39, 0.29) is 5.91 Å². The molecule has 2 heterocycles. The summed E-state index contributed by atoms with van der Waals surface area (Å²) >= 11 is 0. The van der Waals surface area contributed by atoms with E-state index in [0.29, 0.717) is 24.9 Å². The first-order valence-electron chi connectivity index (χ1n) is 10.8. The molecule has 2 aliphatic rings. The van der Waals surface area contributed by atoms with Crippen molar-refractivity contribution in [2.24, 2.45) is 0 Å². The van der Waals surface area contributed by atoms with Crippen LogP contribution in [0.4, 0.5) is 17.1 Å². The molecule has 1 aliphatic heterocycles. The quantitative estimate of drug-likeness (QED) is 0.740. The Labute approximate surface area is 172 Å². The van der Waals surface area contributed by atoms with Crippen LogP contribution in [0.25, 0.3) is 0 Å². The third-order valence-corrected chi connectivity index (χ3v) is 5.73. The number of ether oxygens (including phenoxy) is 1. The van der Waals surface area contributed by atoms with Crippen LogP contribution in [0.5, 0.6) is 0 Å². The van der Waals surface area contributed by atoms with Crippen LogP contribution in [0.2, 0.25) is 0 Å². The van der Waals surface area contributed by atoms with Crippen LogP contribution in [0.15, 0.2) is 42.6 Å². The molecule has 0 bridgehead atoms. The monoisotopic (exact) mass is 394 g/mol. The molecule has 2 fully saturated rings. The lowest BCUT2D eigenvalue weighted by atomic mass is 10.1. The van der Waals surface area contributed by atoms with Crippen LogP contribution >= 0.6 is 0 Å². The van der Waals surface area contributed by atoms with Crippen molar-refractivity contribution in [3.63, 3.8) is 0 Å². The van der Waals surface area contributed by atoms with Gasteiger partial charge < -0.3 is 20.3 Å². The third-order valence-electron chi connectivity index (χ3n) is 5.73. The average Bonchev–Trinajstić information content (AvgIpc) is 3.04. The Bertz CT molecular complexity index is 795. The molecule has 1 aliphatic carbocycles. The summed E-state index contributed by atoms with van der Waals surface area (Å²) in [6.07, 6.45) is 9.43. The van der Waals surface area contributed by atoms with Gasteiger partial charge in [-0.3, -0.25) is 4.79 Å². The zero-order chi connectivity index (χ0) is 19.9. The van der Waals surface area contributed by atoms with E-state index in [1.54, 1.807) is 12.3 Å². The summed E-state index contributed by atoms with van der Waals surface area (Å²) in [6.45, 7) is 3.07. The van der Waals surface area contributed by atoms with Crippen LogP contribution in [-0.2, 0) is 4.74 Å². The van der Waals surface area contributed by atoms with Crippen molar-refractivity contribution in [3.8, 4) is 0 Å². The van der Waals surface area contributed by atoms with E-state index < -0.39 is 0 Å². The highest BCUT2D eigenvalue weighted by atomic mass is 16.5. The van der Waals surface area contributed by atoms with Gasteiger partial charge in [-0.2, -0.15) is 0 Å². The fourth-order valence-electron chi connectivity index (χ4n) is 4.12. The summed E-state index contributed by atoms with van der Waals surface area (Å²) in [5, 5.41) is 6.60. The van der Waals surface area contributed by atoms with Crippen molar-refractivity contribution in [2.75, 3.05) is 41.8 Å². The Kier molecular flexibility index (Phi) is 6.62. The Morgan fingerprint density at radius 2 is 1.76 bits per heavy atom.